The second kappa shape index (κ2) is 6.54. The lowest BCUT2D eigenvalue weighted by molar-refractivity contribution is -0.466. The Balaban J connectivity index is 2.68. The maximum atomic E-state index is 11.8. The normalized spacial score (nSPS) is 9.50. The van der Waals surface area contributed by atoms with E-state index in [4.69, 9.17) is 0 Å². The van der Waals surface area contributed by atoms with Crippen LogP contribution in [0.2, 0.25) is 0 Å². The Morgan fingerprint density at radius 1 is 1.22 bits per heavy atom. The van der Waals surface area contributed by atoms with Crippen LogP contribution in [0.4, 0.5) is 0 Å². The number of hydrogen-bond acceptors (Lipinski definition) is 3. The van der Waals surface area contributed by atoms with E-state index < -0.39 is 5.97 Å². The highest BCUT2D eigenvalue weighted by atomic mass is 16.5. The van der Waals surface area contributed by atoms with Crippen molar-refractivity contribution in [3.05, 3.63) is 35.9 Å². The summed E-state index contributed by atoms with van der Waals surface area (Å²) in [5, 5.41) is 2.79. The van der Waals surface area contributed by atoms with E-state index in [0.717, 1.165) is 0 Å². The van der Waals surface area contributed by atoms with Crippen LogP contribution in [0.3, 0.4) is 0 Å². The summed E-state index contributed by atoms with van der Waals surface area (Å²) >= 11 is 0. The molecule has 0 saturated carbocycles. The highest BCUT2D eigenvalue weighted by Crippen LogP contribution is 1.98. The number of benzene rings is 1. The average Bonchev–Trinajstić information content (AvgIpc) is 2.39. The van der Waals surface area contributed by atoms with Crippen LogP contribution in [0, 0.1) is 0 Å². The van der Waals surface area contributed by atoms with Gasteiger partial charge in [0.05, 0.1) is 21.2 Å². The number of rotatable bonds is 3. The third-order valence-electron chi connectivity index (χ3n) is 2.34. The number of nitrogens with one attached hydrogen (secondary N) is 1. The van der Waals surface area contributed by atoms with Crippen molar-refractivity contribution in [2.45, 2.75) is 0 Å². The molecule has 96 valence electrons. The van der Waals surface area contributed by atoms with Crippen LogP contribution >= 0.6 is 0 Å². The van der Waals surface area contributed by atoms with E-state index in [-0.39, 0.29) is 18.2 Å². The van der Waals surface area contributed by atoms with Gasteiger partial charge in [0, 0.05) is 5.56 Å². The summed E-state index contributed by atoms with van der Waals surface area (Å²) in [5.41, 5.74) is 0.605. The van der Waals surface area contributed by atoms with Gasteiger partial charge < -0.3 is 4.74 Å². The largest absolute Gasteiger partial charge is 0.460 e. The molecule has 1 N–H and O–H groups in total. The predicted molar refractivity (Wildman–Crippen MR) is 67.9 cm³/mol. The number of nitrogens with zero attached hydrogens (tertiary/aromatic N) is 1. The molecule has 5 heteroatoms. The van der Waals surface area contributed by atoms with Gasteiger partial charge in [-0.25, -0.2) is 4.79 Å². The molecule has 0 radical (unpaired) electrons. The van der Waals surface area contributed by atoms with Crippen molar-refractivity contribution in [2.24, 2.45) is 0 Å². The Morgan fingerprint density at radius 2 is 1.83 bits per heavy atom. The van der Waals surface area contributed by atoms with E-state index in [1.54, 1.807) is 42.9 Å². The van der Waals surface area contributed by atoms with Crippen LogP contribution in [0.1, 0.15) is 10.4 Å². The smallest absolute Gasteiger partial charge is 0.420 e. The van der Waals surface area contributed by atoms with Gasteiger partial charge in [-0.05, 0) is 0 Å². The number of hydrogen-bond donors (Lipinski definition) is 1. The minimum atomic E-state index is -0.499. The summed E-state index contributed by atoms with van der Waals surface area (Å²) in [5.74, 6) is -0.332. The van der Waals surface area contributed by atoms with Crippen LogP contribution in [-0.4, -0.2) is 49.9 Å². The molecule has 0 aliphatic rings. The lowest BCUT2D eigenvalue weighted by atomic mass is 10.1. The highest BCUT2D eigenvalue weighted by molar-refractivity contribution is 6.33. The summed E-state index contributed by atoms with van der Waals surface area (Å²) in [7, 11) is 4.70. The van der Waals surface area contributed by atoms with Crippen LogP contribution < -0.4 is 5.32 Å². The summed E-state index contributed by atoms with van der Waals surface area (Å²) in [6.45, 7) is 0.0482. The Bertz CT molecular complexity index is 462. The quantitative estimate of drug-likeness (QED) is 0.275. The van der Waals surface area contributed by atoms with Gasteiger partial charge >= 0.3 is 11.8 Å². The maximum absolute atomic E-state index is 11.8. The van der Waals surface area contributed by atoms with Gasteiger partial charge in [-0.15, -0.1) is 0 Å². The average molecular weight is 249 g/mol. The molecule has 18 heavy (non-hydrogen) atoms. The molecule has 1 rings (SSSR count). The van der Waals surface area contributed by atoms with E-state index in [1.807, 2.05) is 6.07 Å². The number of methoxy groups -OCH3 is 1. The van der Waals surface area contributed by atoms with Gasteiger partial charge in [0.2, 0.25) is 5.78 Å². The van der Waals surface area contributed by atoms with Gasteiger partial charge in [-0.1, -0.05) is 30.3 Å². The van der Waals surface area contributed by atoms with Crippen molar-refractivity contribution < 1.29 is 18.9 Å². The molecule has 0 bridgehead atoms. The summed E-state index contributed by atoms with van der Waals surface area (Å²) < 4.78 is 6.19. The lowest BCUT2D eigenvalue weighted by Gasteiger charge is -2.04. The first kappa shape index (κ1) is 13.9. The molecular formula is C13H17N2O3+. The van der Waals surface area contributed by atoms with Crippen molar-refractivity contribution in [3.63, 3.8) is 0 Å². The molecule has 0 aliphatic carbocycles. The summed E-state index contributed by atoms with van der Waals surface area (Å²) in [6, 6.07) is 8.90. The van der Waals surface area contributed by atoms with Crippen LogP contribution in [0.5, 0.6) is 0 Å². The SMILES string of the molecule is COC(=O)C(NCC(=O)c1ccccc1)=[N+](C)C. The first-order valence-corrected chi connectivity index (χ1v) is 5.51. The number of amidine groups is 1. The third kappa shape index (κ3) is 3.69. The lowest BCUT2D eigenvalue weighted by Crippen LogP contribution is -2.41. The van der Waals surface area contributed by atoms with Gasteiger partial charge in [0.15, 0.2) is 0 Å². The number of esters is 1. The molecule has 0 unspecified atom stereocenters. The van der Waals surface area contributed by atoms with Crippen molar-refractivity contribution in [1.29, 1.82) is 0 Å². The molecule has 0 spiro atoms. The van der Waals surface area contributed by atoms with Gasteiger partial charge in [-0.2, -0.15) is 0 Å². The molecule has 1 aromatic rings. The zero-order valence-corrected chi connectivity index (χ0v) is 10.8. The molecule has 0 heterocycles. The summed E-state index contributed by atoms with van der Waals surface area (Å²) in [4.78, 5) is 23.3. The summed E-state index contributed by atoms with van der Waals surface area (Å²) in [6.07, 6.45) is 0. The Labute approximate surface area is 106 Å². The van der Waals surface area contributed by atoms with Crippen molar-refractivity contribution >= 4 is 17.6 Å². The van der Waals surface area contributed by atoms with Gasteiger partial charge in [0.1, 0.15) is 6.54 Å². The topological polar surface area (TPSA) is 58.4 Å². The number of ketones is 1. The number of ether oxygens (including phenoxy) is 1. The predicted octanol–water partition coefficient (Wildman–Crippen LogP) is 0.302. The molecular weight excluding hydrogens is 232 g/mol. The van der Waals surface area contributed by atoms with E-state index in [1.165, 1.54) is 7.11 Å². The first-order valence-electron chi connectivity index (χ1n) is 5.51. The zero-order chi connectivity index (χ0) is 13.5. The van der Waals surface area contributed by atoms with Crippen LogP contribution in [0.15, 0.2) is 30.3 Å². The standard InChI is InChI=1S/C13H16N2O3/c1-15(2)12(13(17)18-3)14-9-11(16)10-7-5-4-6-8-10/h4-8H,9H2,1-3H3/p+1. The number of Topliss-reactive ketones (excluding diaryl/α,β-unsaturated/α-hetero) is 1. The Morgan fingerprint density at radius 3 is 2.33 bits per heavy atom. The second-order valence-electron chi connectivity index (χ2n) is 3.88. The molecule has 1 aromatic carbocycles. The van der Waals surface area contributed by atoms with E-state index in [9.17, 15) is 9.59 Å². The molecule has 0 fully saturated rings. The van der Waals surface area contributed by atoms with Crippen LogP contribution in [-0.2, 0) is 9.53 Å². The minimum Gasteiger partial charge on any atom is -0.460 e. The van der Waals surface area contributed by atoms with Crippen molar-refractivity contribution in [3.8, 4) is 0 Å². The van der Waals surface area contributed by atoms with Gasteiger partial charge in [0.25, 0.3) is 0 Å². The highest BCUT2D eigenvalue weighted by Gasteiger charge is 2.21. The molecule has 0 amide bonds. The van der Waals surface area contributed by atoms with E-state index >= 15 is 0 Å². The van der Waals surface area contributed by atoms with Crippen molar-refractivity contribution in [1.82, 2.24) is 5.32 Å². The Kier molecular flexibility index (Phi) is 5.05. The molecule has 5 nitrogen and oxygen atoms in total. The fourth-order valence-corrected chi connectivity index (χ4v) is 1.40. The third-order valence-corrected chi connectivity index (χ3v) is 2.34. The fraction of sp³-hybridized carbons (Fsp3) is 0.308. The molecule has 0 aliphatic heterocycles. The molecule has 0 aromatic heterocycles. The van der Waals surface area contributed by atoms with Crippen molar-refractivity contribution in [2.75, 3.05) is 27.7 Å². The fourth-order valence-electron chi connectivity index (χ4n) is 1.40. The van der Waals surface area contributed by atoms with Crippen LogP contribution in [0.25, 0.3) is 0 Å². The van der Waals surface area contributed by atoms with Gasteiger partial charge in [-0.3, -0.25) is 14.7 Å². The molecule has 0 saturated heterocycles. The molecule has 0 atom stereocenters. The van der Waals surface area contributed by atoms with E-state index in [0.29, 0.717) is 5.56 Å². The van der Waals surface area contributed by atoms with E-state index in [2.05, 4.69) is 10.1 Å². The second-order valence-corrected chi connectivity index (χ2v) is 3.88. The number of carbonyl (C=O) groups is 2. The minimum absolute atomic E-state index is 0.0482. The number of carbonyl (C=O) groups excluding carboxylic acids is 2. The maximum Gasteiger partial charge on any atom is 0.420 e. The first-order chi connectivity index (χ1) is 8.56. The monoisotopic (exact) mass is 249 g/mol. The zero-order valence-electron chi connectivity index (χ0n) is 10.8. The Hall–Kier alpha value is -2.17.